The number of nitrogens with one attached hydrogen (secondary N) is 1. The number of nitrogens with zero attached hydrogens (tertiary/aromatic N) is 1. The van der Waals surface area contributed by atoms with E-state index in [0.29, 0.717) is 0 Å². The molecule has 0 saturated carbocycles. The second-order valence-electron chi connectivity index (χ2n) is 2.23. The van der Waals surface area contributed by atoms with E-state index in [9.17, 15) is 18.0 Å². The predicted molar refractivity (Wildman–Crippen MR) is 30.4 cm³/mol. The maximum Gasteiger partial charge on any atom is 0.410 e. The van der Waals surface area contributed by atoms with E-state index in [1.165, 1.54) is 7.05 Å². The molecule has 1 fully saturated rings. The number of amides is 2. The minimum Gasteiger partial charge on any atom is -0.324 e. The highest BCUT2D eigenvalue weighted by atomic mass is 19.4. The van der Waals surface area contributed by atoms with Crippen molar-refractivity contribution in [3.8, 4) is 0 Å². The lowest BCUT2D eigenvalue weighted by atomic mass is 10.3. The highest BCUT2D eigenvalue weighted by Gasteiger charge is 2.46. The number of hydrogen-bond acceptors (Lipinski definition) is 1. The van der Waals surface area contributed by atoms with Crippen LogP contribution in [-0.4, -0.2) is 30.2 Å². The molecule has 1 radical (unpaired) electrons. The summed E-state index contributed by atoms with van der Waals surface area (Å²) in [5.41, 5.74) is 0. The van der Waals surface area contributed by atoms with Gasteiger partial charge in [0.15, 0.2) is 0 Å². The Bertz CT molecular complexity index is 179. The lowest BCUT2D eigenvalue weighted by molar-refractivity contribution is -0.144. The number of rotatable bonds is 0. The standard InChI is InChI=1S/C5H6F3N2O/c1-10-2-3(5(6,7)8)9-4(10)11/h2-3H,1H3,(H,9,11). The van der Waals surface area contributed by atoms with Gasteiger partial charge in [-0.05, 0) is 0 Å². The highest BCUT2D eigenvalue weighted by Crippen LogP contribution is 2.25. The second-order valence-corrected chi connectivity index (χ2v) is 2.23. The Balaban J connectivity index is 2.61. The Kier molecular flexibility index (Phi) is 1.69. The van der Waals surface area contributed by atoms with Crippen LogP contribution in [0.15, 0.2) is 0 Å². The fourth-order valence-corrected chi connectivity index (χ4v) is 0.730. The topological polar surface area (TPSA) is 32.3 Å². The van der Waals surface area contributed by atoms with Crippen molar-refractivity contribution in [1.29, 1.82) is 0 Å². The molecular formula is C5H6F3N2O. The van der Waals surface area contributed by atoms with Crippen molar-refractivity contribution < 1.29 is 18.0 Å². The van der Waals surface area contributed by atoms with E-state index in [2.05, 4.69) is 0 Å². The SMILES string of the molecule is CN1[CH]C(C(F)(F)F)NC1=O. The summed E-state index contributed by atoms with van der Waals surface area (Å²) in [5, 5.41) is 1.75. The normalized spacial score (nSPS) is 25.6. The van der Waals surface area contributed by atoms with Crippen LogP contribution in [0.4, 0.5) is 18.0 Å². The average molecular weight is 167 g/mol. The Hall–Kier alpha value is -0.940. The summed E-state index contributed by atoms with van der Waals surface area (Å²) in [7, 11) is 1.26. The molecule has 0 aromatic heterocycles. The van der Waals surface area contributed by atoms with E-state index in [1.807, 2.05) is 0 Å². The number of likely N-dealkylation sites (N-methyl/N-ethyl adjacent to an activating group) is 1. The molecule has 1 aliphatic rings. The van der Waals surface area contributed by atoms with Crippen molar-refractivity contribution in [2.45, 2.75) is 12.2 Å². The molecule has 2 amide bonds. The van der Waals surface area contributed by atoms with Crippen molar-refractivity contribution in [3.63, 3.8) is 0 Å². The fraction of sp³-hybridized carbons (Fsp3) is 0.600. The summed E-state index contributed by atoms with van der Waals surface area (Å²) >= 11 is 0. The lowest BCUT2D eigenvalue weighted by Crippen LogP contribution is -2.38. The summed E-state index contributed by atoms with van der Waals surface area (Å²) < 4.78 is 35.5. The first kappa shape index (κ1) is 8.16. The number of halogens is 3. The third-order valence-electron chi connectivity index (χ3n) is 1.32. The van der Waals surface area contributed by atoms with Crippen LogP contribution in [0.25, 0.3) is 0 Å². The van der Waals surface area contributed by atoms with E-state index in [1.54, 1.807) is 5.32 Å². The molecule has 0 bridgehead atoms. The smallest absolute Gasteiger partial charge is 0.324 e. The molecular weight excluding hydrogens is 161 g/mol. The largest absolute Gasteiger partial charge is 0.410 e. The Labute approximate surface area is 61.2 Å². The Morgan fingerprint density at radius 2 is 2.18 bits per heavy atom. The van der Waals surface area contributed by atoms with Crippen molar-refractivity contribution in [2.24, 2.45) is 0 Å². The fourth-order valence-electron chi connectivity index (χ4n) is 0.730. The van der Waals surface area contributed by atoms with Gasteiger partial charge in [-0.2, -0.15) is 13.2 Å². The van der Waals surface area contributed by atoms with Gasteiger partial charge in [0.1, 0.15) is 6.04 Å². The zero-order valence-corrected chi connectivity index (χ0v) is 5.64. The van der Waals surface area contributed by atoms with E-state index >= 15 is 0 Å². The summed E-state index contributed by atoms with van der Waals surface area (Å²) in [6.45, 7) is 0.794. The van der Waals surface area contributed by atoms with Crippen LogP contribution in [0.5, 0.6) is 0 Å². The van der Waals surface area contributed by atoms with Gasteiger partial charge < -0.3 is 10.2 Å². The number of urea groups is 1. The third kappa shape index (κ3) is 1.55. The highest BCUT2D eigenvalue weighted by molar-refractivity contribution is 5.78. The lowest BCUT2D eigenvalue weighted by Gasteiger charge is -2.12. The zero-order valence-electron chi connectivity index (χ0n) is 5.64. The maximum atomic E-state index is 11.8. The van der Waals surface area contributed by atoms with Gasteiger partial charge in [0.05, 0.1) is 6.54 Å². The number of carbonyl (C=O) groups excluding carboxylic acids is 1. The molecule has 11 heavy (non-hydrogen) atoms. The Morgan fingerprint density at radius 3 is 2.36 bits per heavy atom. The van der Waals surface area contributed by atoms with E-state index in [0.717, 1.165) is 11.4 Å². The molecule has 1 atom stereocenters. The molecule has 1 rings (SSSR count). The van der Waals surface area contributed by atoms with Crippen molar-refractivity contribution in [2.75, 3.05) is 7.05 Å². The molecule has 0 spiro atoms. The molecule has 0 aromatic carbocycles. The molecule has 1 saturated heterocycles. The van der Waals surface area contributed by atoms with Crippen LogP contribution in [-0.2, 0) is 0 Å². The molecule has 3 nitrogen and oxygen atoms in total. The predicted octanol–water partition coefficient (Wildman–Crippen LogP) is 0.734. The average Bonchev–Trinajstić information content (AvgIpc) is 2.11. The van der Waals surface area contributed by atoms with Crippen LogP contribution in [0.3, 0.4) is 0 Å². The molecule has 1 N–H and O–H groups in total. The zero-order chi connectivity index (χ0) is 8.65. The molecule has 1 heterocycles. The van der Waals surface area contributed by atoms with Gasteiger partial charge in [0, 0.05) is 7.05 Å². The summed E-state index contributed by atoms with van der Waals surface area (Å²) in [5.74, 6) is 0. The van der Waals surface area contributed by atoms with Crippen LogP contribution in [0.2, 0.25) is 0 Å². The molecule has 1 aliphatic heterocycles. The third-order valence-corrected chi connectivity index (χ3v) is 1.32. The van der Waals surface area contributed by atoms with Crippen molar-refractivity contribution in [3.05, 3.63) is 6.54 Å². The second kappa shape index (κ2) is 2.28. The van der Waals surface area contributed by atoms with Gasteiger partial charge in [-0.3, -0.25) is 0 Å². The summed E-state index contributed by atoms with van der Waals surface area (Å²) in [6, 6.07) is -2.56. The van der Waals surface area contributed by atoms with Gasteiger partial charge in [0.25, 0.3) is 0 Å². The van der Waals surface area contributed by atoms with E-state index < -0.39 is 18.2 Å². The van der Waals surface area contributed by atoms with E-state index in [4.69, 9.17) is 0 Å². The molecule has 0 aromatic rings. The quantitative estimate of drug-likeness (QED) is 0.566. The minimum absolute atomic E-state index is 0.729. The number of hydrogen-bond donors (Lipinski definition) is 1. The van der Waals surface area contributed by atoms with Crippen molar-refractivity contribution in [1.82, 2.24) is 10.2 Å². The monoisotopic (exact) mass is 167 g/mol. The maximum absolute atomic E-state index is 11.8. The van der Waals surface area contributed by atoms with Crippen LogP contribution in [0, 0.1) is 6.54 Å². The van der Waals surface area contributed by atoms with E-state index in [-0.39, 0.29) is 0 Å². The molecule has 6 heteroatoms. The number of carbonyl (C=O) groups is 1. The van der Waals surface area contributed by atoms with Gasteiger partial charge in [0.2, 0.25) is 0 Å². The molecule has 63 valence electrons. The molecule has 1 unspecified atom stereocenters. The summed E-state index contributed by atoms with van der Waals surface area (Å²) in [6.07, 6.45) is -4.39. The minimum atomic E-state index is -4.39. The van der Waals surface area contributed by atoms with Gasteiger partial charge in [-0.15, -0.1) is 0 Å². The van der Waals surface area contributed by atoms with Crippen LogP contribution in [0.1, 0.15) is 0 Å². The van der Waals surface area contributed by atoms with Crippen LogP contribution < -0.4 is 5.32 Å². The van der Waals surface area contributed by atoms with Crippen LogP contribution >= 0.6 is 0 Å². The molecule has 0 aliphatic carbocycles. The first-order valence-electron chi connectivity index (χ1n) is 2.86. The van der Waals surface area contributed by atoms with Gasteiger partial charge in [-0.25, -0.2) is 4.79 Å². The number of alkyl halides is 3. The van der Waals surface area contributed by atoms with Gasteiger partial charge >= 0.3 is 12.2 Å². The first-order chi connectivity index (χ1) is 4.91. The first-order valence-corrected chi connectivity index (χ1v) is 2.86. The van der Waals surface area contributed by atoms with Crippen molar-refractivity contribution >= 4 is 6.03 Å². The Morgan fingerprint density at radius 1 is 1.64 bits per heavy atom. The van der Waals surface area contributed by atoms with Gasteiger partial charge in [-0.1, -0.05) is 0 Å². The summed E-state index contributed by atoms with van der Waals surface area (Å²) in [4.78, 5) is 11.4.